The highest BCUT2D eigenvalue weighted by atomic mass is 32.2. The summed E-state index contributed by atoms with van der Waals surface area (Å²) < 4.78 is 23.5. The average Bonchev–Trinajstić information content (AvgIpc) is 2.28. The second kappa shape index (κ2) is 4.73. The standard InChI is InChI=1S/C10H15N3O2S2/c1-17(14,15)10-7-16-3-2-13(10)9-4-8(11)5-12-6-9/h4-6,10H,2-3,7,11H2,1H3. The first-order valence-corrected chi connectivity index (χ1v) is 8.33. The van der Waals surface area contributed by atoms with E-state index in [0.29, 0.717) is 18.0 Å². The van der Waals surface area contributed by atoms with Gasteiger partial charge in [0, 0.05) is 30.5 Å². The fraction of sp³-hybridized carbons (Fsp3) is 0.500. The highest BCUT2D eigenvalue weighted by molar-refractivity contribution is 8.01. The van der Waals surface area contributed by atoms with E-state index < -0.39 is 15.2 Å². The second-order valence-corrected chi connectivity index (χ2v) is 7.38. The molecule has 2 rings (SSSR count). The molecule has 5 nitrogen and oxygen atoms in total. The van der Waals surface area contributed by atoms with Crippen LogP contribution >= 0.6 is 11.8 Å². The molecule has 0 radical (unpaired) electrons. The summed E-state index contributed by atoms with van der Waals surface area (Å²) in [6.07, 6.45) is 4.48. The number of rotatable bonds is 2. The summed E-state index contributed by atoms with van der Waals surface area (Å²) >= 11 is 1.66. The van der Waals surface area contributed by atoms with E-state index in [1.807, 2.05) is 4.90 Å². The van der Waals surface area contributed by atoms with Crippen LogP contribution in [0.2, 0.25) is 0 Å². The molecule has 0 saturated carbocycles. The number of pyridine rings is 1. The maximum atomic E-state index is 11.7. The summed E-state index contributed by atoms with van der Waals surface area (Å²) in [5, 5.41) is -0.482. The van der Waals surface area contributed by atoms with Crippen LogP contribution in [-0.2, 0) is 9.84 Å². The second-order valence-electron chi connectivity index (χ2n) is 4.03. The smallest absolute Gasteiger partial charge is 0.169 e. The number of hydrogen-bond acceptors (Lipinski definition) is 6. The first kappa shape index (κ1) is 12.5. The summed E-state index contributed by atoms with van der Waals surface area (Å²) in [5.41, 5.74) is 7.00. The van der Waals surface area contributed by atoms with Crippen molar-refractivity contribution in [1.82, 2.24) is 4.98 Å². The van der Waals surface area contributed by atoms with Gasteiger partial charge in [0.05, 0.1) is 17.6 Å². The maximum Gasteiger partial charge on any atom is 0.169 e. The molecule has 94 valence electrons. The van der Waals surface area contributed by atoms with Crippen LogP contribution in [0.15, 0.2) is 18.5 Å². The monoisotopic (exact) mass is 273 g/mol. The van der Waals surface area contributed by atoms with Gasteiger partial charge >= 0.3 is 0 Å². The molecule has 2 heterocycles. The van der Waals surface area contributed by atoms with Crippen molar-refractivity contribution in [2.45, 2.75) is 5.37 Å². The van der Waals surface area contributed by atoms with Gasteiger partial charge in [-0.1, -0.05) is 0 Å². The molecule has 0 amide bonds. The van der Waals surface area contributed by atoms with Gasteiger partial charge in [-0.2, -0.15) is 11.8 Å². The van der Waals surface area contributed by atoms with E-state index in [9.17, 15) is 8.42 Å². The van der Waals surface area contributed by atoms with Crippen molar-refractivity contribution in [2.75, 3.05) is 34.9 Å². The van der Waals surface area contributed by atoms with E-state index in [-0.39, 0.29) is 0 Å². The third kappa shape index (κ3) is 2.84. The lowest BCUT2D eigenvalue weighted by Crippen LogP contribution is -2.47. The minimum absolute atomic E-state index is 0.482. The van der Waals surface area contributed by atoms with E-state index in [4.69, 9.17) is 5.73 Å². The molecule has 0 aliphatic carbocycles. The lowest BCUT2D eigenvalue weighted by molar-refractivity contribution is 0.584. The number of anilines is 2. The minimum atomic E-state index is -3.10. The molecule has 7 heteroatoms. The van der Waals surface area contributed by atoms with E-state index in [2.05, 4.69) is 4.98 Å². The molecule has 2 N–H and O–H groups in total. The fourth-order valence-electron chi connectivity index (χ4n) is 1.83. The molecule has 0 aromatic carbocycles. The summed E-state index contributed by atoms with van der Waals surface area (Å²) in [6.45, 7) is 0.702. The minimum Gasteiger partial charge on any atom is -0.397 e. The fourth-order valence-corrected chi connectivity index (χ4v) is 4.67. The number of thioether (sulfide) groups is 1. The van der Waals surface area contributed by atoms with Crippen LogP contribution in [0.3, 0.4) is 0 Å². The molecule has 1 saturated heterocycles. The van der Waals surface area contributed by atoms with Crippen molar-refractivity contribution in [3.63, 3.8) is 0 Å². The number of aromatic nitrogens is 1. The molecular weight excluding hydrogens is 258 g/mol. The highest BCUT2D eigenvalue weighted by Crippen LogP contribution is 2.27. The Bertz CT molecular complexity index is 504. The zero-order chi connectivity index (χ0) is 12.5. The van der Waals surface area contributed by atoms with Crippen molar-refractivity contribution in [1.29, 1.82) is 0 Å². The van der Waals surface area contributed by atoms with Crippen molar-refractivity contribution in [3.8, 4) is 0 Å². The number of sulfone groups is 1. The van der Waals surface area contributed by atoms with Gasteiger partial charge in [-0.05, 0) is 6.07 Å². The Kier molecular flexibility index (Phi) is 3.48. The molecule has 1 aliphatic heterocycles. The van der Waals surface area contributed by atoms with Crippen LogP contribution in [0.1, 0.15) is 0 Å². The van der Waals surface area contributed by atoms with E-state index >= 15 is 0 Å². The number of hydrogen-bond donors (Lipinski definition) is 1. The summed E-state index contributed by atoms with van der Waals surface area (Å²) in [5.74, 6) is 1.51. The number of nitrogens with zero attached hydrogens (tertiary/aromatic N) is 2. The van der Waals surface area contributed by atoms with Crippen LogP contribution in [0.4, 0.5) is 11.4 Å². The predicted molar refractivity (Wildman–Crippen MR) is 72.0 cm³/mol. The van der Waals surface area contributed by atoms with Gasteiger partial charge in [-0.15, -0.1) is 0 Å². The first-order valence-electron chi connectivity index (χ1n) is 5.22. The molecule has 1 atom stereocenters. The summed E-state index contributed by atoms with van der Waals surface area (Å²) in [6, 6.07) is 1.77. The molecule has 1 aromatic heterocycles. The molecule has 1 aliphatic rings. The van der Waals surface area contributed by atoms with Crippen molar-refractivity contribution in [3.05, 3.63) is 18.5 Å². The Hall–Kier alpha value is -0.950. The lowest BCUT2D eigenvalue weighted by atomic mass is 10.3. The van der Waals surface area contributed by atoms with Crippen LogP contribution < -0.4 is 10.6 Å². The third-order valence-electron chi connectivity index (χ3n) is 2.66. The Labute approximate surface area is 105 Å². The van der Waals surface area contributed by atoms with Gasteiger partial charge in [0.2, 0.25) is 0 Å². The largest absolute Gasteiger partial charge is 0.397 e. The van der Waals surface area contributed by atoms with Crippen molar-refractivity contribution < 1.29 is 8.42 Å². The van der Waals surface area contributed by atoms with Crippen LogP contribution in [-0.4, -0.2) is 43.1 Å². The molecule has 1 unspecified atom stereocenters. The van der Waals surface area contributed by atoms with Crippen LogP contribution in [0.25, 0.3) is 0 Å². The Morgan fingerprint density at radius 3 is 2.94 bits per heavy atom. The number of nitrogen functional groups attached to an aromatic ring is 1. The van der Waals surface area contributed by atoms with E-state index in [1.54, 1.807) is 30.2 Å². The van der Waals surface area contributed by atoms with Gasteiger partial charge in [0.15, 0.2) is 9.84 Å². The average molecular weight is 273 g/mol. The normalized spacial score (nSPS) is 21.5. The van der Waals surface area contributed by atoms with Crippen LogP contribution in [0.5, 0.6) is 0 Å². The Morgan fingerprint density at radius 1 is 1.53 bits per heavy atom. The van der Waals surface area contributed by atoms with Crippen molar-refractivity contribution >= 4 is 33.0 Å². The lowest BCUT2D eigenvalue weighted by Gasteiger charge is -2.35. The van der Waals surface area contributed by atoms with Crippen molar-refractivity contribution in [2.24, 2.45) is 0 Å². The molecule has 1 aromatic rings. The Morgan fingerprint density at radius 2 is 2.29 bits per heavy atom. The zero-order valence-electron chi connectivity index (χ0n) is 9.54. The molecule has 17 heavy (non-hydrogen) atoms. The molecule has 0 bridgehead atoms. The molecule has 1 fully saturated rings. The predicted octanol–water partition coefficient (Wildman–Crippen LogP) is 0.588. The maximum absolute atomic E-state index is 11.7. The van der Waals surface area contributed by atoms with Gasteiger partial charge in [-0.3, -0.25) is 4.98 Å². The van der Waals surface area contributed by atoms with Gasteiger partial charge in [0.25, 0.3) is 0 Å². The third-order valence-corrected chi connectivity index (χ3v) is 5.30. The van der Waals surface area contributed by atoms with E-state index in [0.717, 1.165) is 11.4 Å². The quantitative estimate of drug-likeness (QED) is 0.850. The Balaban J connectivity index is 2.34. The van der Waals surface area contributed by atoms with Gasteiger partial charge in [-0.25, -0.2) is 8.42 Å². The van der Waals surface area contributed by atoms with Gasteiger partial charge < -0.3 is 10.6 Å². The first-order chi connectivity index (χ1) is 7.98. The highest BCUT2D eigenvalue weighted by Gasteiger charge is 2.31. The van der Waals surface area contributed by atoms with Crippen LogP contribution in [0, 0.1) is 0 Å². The number of nitrogens with two attached hydrogens (primary N) is 1. The topological polar surface area (TPSA) is 76.3 Å². The SMILES string of the molecule is CS(=O)(=O)C1CSCCN1c1cncc(N)c1. The summed E-state index contributed by atoms with van der Waals surface area (Å²) in [4.78, 5) is 5.88. The molecular formula is C10H15N3O2S2. The molecule has 0 spiro atoms. The summed E-state index contributed by atoms with van der Waals surface area (Å²) in [7, 11) is -3.10. The van der Waals surface area contributed by atoms with E-state index in [1.165, 1.54) is 6.26 Å². The zero-order valence-corrected chi connectivity index (χ0v) is 11.2. The van der Waals surface area contributed by atoms with Gasteiger partial charge in [0.1, 0.15) is 5.37 Å².